The Morgan fingerprint density at radius 2 is 1.64 bits per heavy atom. The van der Waals surface area contributed by atoms with E-state index in [-0.39, 0.29) is 29.7 Å². The number of aromatic nitrogens is 2. The summed E-state index contributed by atoms with van der Waals surface area (Å²) in [6, 6.07) is 18.2. The topological polar surface area (TPSA) is 101 Å². The molecule has 0 radical (unpaired) electrons. The molecular weight excluding hydrogens is 608 g/mol. The molecule has 248 valence electrons. The predicted molar refractivity (Wildman–Crippen MR) is 173 cm³/mol. The Bertz CT molecular complexity index is 1810. The van der Waals surface area contributed by atoms with Crippen molar-refractivity contribution in [1.29, 1.82) is 0 Å². The predicted octanol–water partition coefficient (Wildman–Crippen LogP) is 6.48. The molecule has 1 aromatic heterocycles. The summed E-state index contributed by atoms with van der Waals surface area (Å²) in [5, 5.41) is 2.78. The quantitative estimate of drug-likeness (QED) is 0.223. The Balaban J connectivity index is 1.61. The van der Waals surface area contributed by atoms with E-state index in [4.69, 9.17) is 14.2 Å². The van der Waals surface area contributed by atoms with E-state index in [0.717, 1.165) is 36.0 Å². The van der Waals surface area contributed by atoms with Crippen LogP contribution in [0.4, 0.5) is 13.6 Å². The SMILES string of the molecule is Cc1c(-c2ccc(OC3CCCCO3)cc2)c(=O)n(C[C@H](NC(=O)OC(C)(C)C)c2ccccc2)c(=O)n1Cc1c(F)cccc1F. The van der Waals surface area contributed by atoms with Crippen LogP contribution in [-0.4, -0.2) is 33.7 Å². The maximum absolute atomic E-state index is 14.8. The van der Waals surface area contributed by atoms with Gasteiger partial charge in [-0.3, -0.25) is 13.9 Å². The second-order valence-corrected chi connectivity index (χ2v) is 12.5. The molecule has 0 spiro atoms. The van der Waals surface area contributed by atoms with Crippen molar-refractivity contribution < 1.29 is 27.8 Å². The Morgan fingerprint density at radius 3 is 2.26 bits per heavy atom. The van der Waals surface area contributed by atoms with Crippen LogP contribution in [0.25, 0.3) is 11.1 Å². The second kappa shape index (κ2) is 14.3. The van der Waals surface area contributed by atoms with Gasteiger partial charge in [0, 0.05) is 17.7 Å². The highest BCUT2D eigenvalue weighted by Crippen LogP contribution is 2.26. The zero-order valence-corrected chi connectivity index (χ0v) is 26.9. The number of alkyl carbamates (subject to hydrolysis) is 1. The molecule has 47 heavy (non-hydrogen) atoms. The number of halogens is 2. The summed E-state index contributed by atoms with van der Waals surface area (Å²) in [5.41, 5.74) is -1.08. The third-order valence-corrected chi connectivity index (χ3v) is 7.87. The molecule has 1 aliphatic rings. The fourth-order valence-electron chi connectivity index (χ4n) is 5.53. The summed E-state index contributed by atoms with van der Waals surface area (Å²) < 4.78 is 48.9. The van der Waals surface area contributed by atoms with Gasteiger partial charge in [0.15, 0.2) is 6.29 Å². The van der Waals surface area contributed by atoms with Gasteiger partial charge in [-0.25, -0.2) is 18.4 Å². The van der Waals surface area contributed by atoms with E-state index in [0.29, 0.717) is 23.5 Å². The van der Waals surface area contributed by atoms with Gasteiger partial charge >= 0.3 is 11.8 Å². The molecule has 1 N–H and O–H groups in total. The first-order valence-corrected chi connectivity index (χ1v) is 15.6. The van der Waals surface area contributed by atoms with Crippen LogP contribution in [0.15, 0.2) is 82.4 Å². The molecule has 1 unspecified atom stereocenters. The van der Waals surface area contributed by atoms with Crippen molar-refractivity contribution in [3.63, 3.8) is 0 Å². The Kier molecular flexibility index (Phi) is 10.2. The Labute approximate surface area is 271 Å². The van der Waals surface area contributed by atoms with Crippen molar-refractivity contribution in [1.82, 2.24) is 14.5 Å². The number of carbonyl (C=O) groups excluding carboxylic acids is 1. The molecule has 1 fully saturated rings. The zero-order valence-electron chi connectivity index (χ0n) is 26.9. The number of carbonyl (C=O) groups is 1. The Morgan fingerprint density at radius 1 is 0.957 bits per heavy atom. The molecular formula is C36H39F2N3O6. The lowest BCUT2D eigenvalue weighted by molar-refractivity contribution is -0.105. The molecule has 4 aromatic rings. The first-order chi connectivity index (χ1) is 22.4. The van der Waals surface area contributed by atoms with Crippen LogP contribution in [-0.2, 0) is 22.6 Å². The molecule has 2 atom stereocenters. The van der Waals surface area contributed by atoms with Crippen molar-refractivity contribution >= 4 is 6.09 Å². The summed E-state index contributed by atoms with van der Waals surface area (Å²) >= 11 is 0. The van der Waals surface area contributed by atoms with Crippen LogP contribution in [0, 0.1) is 18.6 Å². The van der Waals surface area contributed by atoms with Crippen LogP contribution in [0.3, 0.4) is 0 Å². The van der Waals surface area contributed by atoms with Gasteiger partial charge in [0.2, 0.25) is 0 Å². The third kappa shape index (κ3) is 8.15. The molecule has 1 aliphatic heterocycles. The number of nitrogens with one attached hydrogen (secondary N) is 1. The number of ether oxygens (including phenoxy) is 3. The average molecular weight is 648 g/mol. The minimum Gasteiger partial charge on any atom is -0.465 e. The van der Waals surface area contributed by atoms with Gasteiger partial charge in [-0.1, -0.05) is 48.5 Å². The van der Waals surface area contributed by atoms with E-state index >= 15 is 0 Å². The highest BCUT2D eigenvalue weighted by molar-refractivity contribution is 5.68. The smallest absolute Gasteiger partial charge is 0.408 e. The van der Waals surface area contributed by atoms with Crippen LogP contribution in [0.2, 0.25) is 0 Å². The maximum atomic E-state index is 14.8. The number of amides is 1. The van der Waals surface area contributed by atoms with Crippen molar-refractivity contribution in [3.8, 4) is 16.9 Å². The van der Waals surface area contributed by atoms with Crippen molar-refractivity contribution in [2.24, 2.45) is 0 Å². The monoisotopic (exact) mass is 647 g/mol. The van der Waals surface area contributed by atoms with E-state index < -0.39 is 47.2 Å². The second-order valence-electron chi connectivity index (χ2n) is 12.5. The van der Waals surface area contributed by atoms with Crippen LogP contribution in [0.1, 0.15) is 62.9 Å². The molecule has 5 rings (SSSR count). The van der Waals surface area contributed by atoms with Crippen molar-refractivity contribution in [2.75, 3.05) is 6.61 Å². The van der Waals surface area contributed by atoms with E-state index in [9.17, 15) is 23.2 Å². The van der Waals surface area contributed by atoms with E-state index in [1.54, 1.807) is 82.3 Å². The lowest BCUT2D eigenvalue weighted by Crippen LogP contribution is -2.46. The molecule has 9 nitrogen and oxygen atoms in total. The lowest BCUT2D eigenvalue weighted by Gasteiger charge is -2.25. The van der Waals surface area contributed by atoms with Crippen LogP contribution in [0.5, 0.6) is 5.75 Å². The zero-order chi connectivity index (χ0) is 33.7. The normalized spacial score (nSPS) is 15.6. The lowest BCUT2D eigenvalue weighted by atomic mass is 10.0. The maximum Gasteiger partial charge on any atom is 0.408 e. The van der Waals surface area contributed by atoms with E-state index in [1.807, 2.05) is 0 Å². The van der Waals surface area contributed by atoms with Gasteiger partial charge < -0.3 is 19.5 Å². The number of rotatable bonds is 9. The molecule has 0 saturated carbocycles. The molecule has 0 aliphatic carbocycles. The highest BCUT2D eigenvalue weighted by Gasteiger charge is 2.26. The Hall–Kier alpha value is -4.77. The summed E-state index contributed by atoms with van der Waals surface area (Å²) in [5.74, 6) is -1.10. The number of hydrogen-bond acceptors (Lipinski definition) is 6. The van der Waals surface area contributed by atoms with Crippen LogP contribution >= 0.6 is 0 Å². The molecule has 1 saturated heterocycles. The first-order valence-electron chi connectivity index (χ1n) is 15.6. The summed E-state index contributed by atoms with van der Waals surface area (Å²) in [4.78, 5) is 41.2. The molecule has 0 bridgehead atoms. The molecule has 3 aromatic carbocycles. The van der Waals surface area contributed by atoms with Gasteiger partial charge in [-0.05, 0) is 75.9 Å². The third-order valence-electron chi connectivity index (χ3n) is 7.87. The minimum absolute atomic E-state index is 0.158. The summed E-state index contributed by atoms with van der Waals surface area (Å²) in [6.07, 6.45) is 1.65. The largest absolute Gasteiger partial charge is 0.465 e. The van der Waals surface area contributed by atoms with Crippen molar-refractivity contribution in [3.05, 3.63) is 122 Å². The summed E-state index contributed by atoms with van der Waals surface area (Å²) in [6.45, 7) is 6.60. The van der Waals surface area contributed by atoms with Gasteiger partial charge in [-0.2, -0.15) is 0 Å². The highest BCUT2D eigenvalue weighted by atomic mass is 19.1. The van der Waals surface area contributed by atoms with E-state index in [1.165, 1.54) is 10.6 Å². The average Bonchev–Trinajstić information content (AvgIpc) is 3.03. The fourth-order valence-corrected chi connectivity index (χ4v) is 5.53. The molecule has 1 amide bonds. The number of hydrogen-bond donors (Lipinski definition) is 1. The van der Waals surface area contributed by atoms with Gasteiger partial charge in [0.25, 0.3) is 5.56 Å². The molecule has 11 heteroatoms. The van der Waals surface area contributed by atoms with Gasteiger partial charge in [0.1, 0.15) is 23.0 Å². The standard InChI is InChI=1S/C36H39F2N3O6/c1-23-32(25-16-18-26(19-17-25)46-31-15-8-9-20-45-31)33(42)41(35(44)40(23)21-27-28(37)13-10-14-29(27)38)22-30(24-11-6-5-7-12-24)39-34(43)47-36(2,3)4/h5-7,10-14,16-19,30-31H,8-9,15,20-22H2,1-4H3,(H,39,43)/t30-,31?/m0/s1. The number of nitrogens with zero attached hydrogens (tertiary/aromatic N) is 2. The summed E-state index contributed by atoms with van der Waals surface area (Å²) in [7, 11) is 0. The van der Waals surface area contributed by atoms with E-state index in [2.05, 4.69) is 5.32 Å². The fraction of sp³-hybridized carbons (Fsp3) is 0.361. The first kappa shape index (κ1) is 33.6. The van der Waals surface area contributed by atoms with Gasteiger partial charge in [0.05, 0.1) is 31.3 Å². The van der Waals surface area contributed by atoms with Crippen LogP contribution < -0.4 is 21.3 Å². The van der Waals surface area contributed by atoms with Crippen molar-refractivity contribution in [2.45, 2.75) is 78.0 Å². The number of benzene rings is 3. The minimum atomic E-state index is -0.864. The molecule has 2 heterocycles. The van der Waals surface area contributed by atoms with Gasteiger partial charge in [-0.15, -0.1) is 0 Å².